The summed E-state index contributed by atoms with van der Waals surface area (Å²) in [4.78, 5) is 10.5. The van der Waals surface area contributed by atoms with Crippen LogP contribution < -0.4 is 0 Å². The van der Waals surface area contributed by atoms with Gasteiger partial charge in [-0.2, -0.15) is 0 Å². The van der Waals surface area contributed by atoms with Gasteiger partial charge >= 0.3 is 0 Å². The lowest BCUT2D eigenvalue weighted by molar-refractivity contribution is -0.104. The number of carbonyl (C=O) groups excluding carboxylic acids is 1. The largest absolute Gasteiger partial charge is 0.298 e. The lowest BCUT2D eigenvalue weighted by atomic mass is 10.1. The van der Waals surface area contributed by atoms with Gasteiger partial charge in [0.1, 0.15) is 6.29 Å². The summed E-state index contributed by atoms with van der Waals surface area (Å²) < 4.78 is 14.0. The zero-order valence-corrected chi connectivity index (χ0v) is 6.08. The van der Waals surface area contributed by atoms with Crippen molar-refractivity contribution >= 4 is 6.29 Å². The van der Waals surface area contributed by atoms with Crippen molar-refractivity contribution in [1.29, 1.82) is 0 Å². The SMILES string of the molecule is [2H]C([2H])=C(C=O)Cc1ccccc1. The van der Waals surface area contributed by atoms with Crippen molar-refractivity contribution in [2.75, 3.05) is 0 Å². The molecule has 1 aromatic carbocycles. The van der Waals surface area contributed by atoms with E-state index in [4.69, 9.17) is 2.74 Å². The van der Waals surface area contributed by atoms with Crippen LogP contribution in [0, 0.1) is 0 Å². The number of allylic oxidation sites excluding steroid dienone is 1. The van der Waals surface area contributed by atoms with Crippen molar-refractivity contribution < 1.29 is 7.54 Å². The van der Waals surface area contributed by atoms with E-state index >= 15 is 0 Å². The maximum Gasteiger partial charge on any atom is 0.145 e. The Kier molecular flexibility index (Phi) is 1.79. The zero-order valence-electron chi connectivity index (χ0n) is 8.08. The quantitative estimate of drug-likeness (QED) is 0.473. The molecule has 0 heterocycles. The number of carbonyl (C=O) groups is 1. The van der Waals surface area contributed by atoms with Gasteiger partial charge in [-0.05, 0) is 11.1 Å². The molecule has 1 nitrogen and oxygen atoms in total. The normalized spacial score (nSPS) is 11.3. The first kappa shape index (κ1) is 5.30. The highest BCUT2D eigenvalue weighted by Gasteiger charge is 1.92. The fourth-order valence-electron chi connectivity index (χ4n) is 0.857. The molecule has 0 fully saturated rings. The van der Waals surface area contributed by atoms with Gasteiger partial charge in [0.05, 0.1) is 2.74 Å². The summed E-state index contributed by atoms with van der Waals surface area (Å²) in [6.07, 6.45) is 0.939. The molecular weight excluding hydrogens is 136 g/mol. The summed E-state index contributed by atoms with van der Waals surface area (Å²) in [7, 11) is 0. The summed E-state index contributed by atoms with van der Waals surface area (Å²) >= 11 is 0. The second kappa shape index (κ2) is 3.71. The highest BCUT2D eigenvalue weighted by molar-refractivity contribution is 5.72. The van der Waals surface area contributed by atoms with E-state index < -0.39 is 6.53 Å². The third-order valence-electron chi connectivity index (χ3n) is 1.38. The third-order valence-corrected chi connectivity index (χ3v) is 1.38. The van der Waals surface area contributed by atoms with Crippen molar-refractivity contribution in [3.05, 3.63) is 48.0 Å². The molecule has 0 aliphatic rings. The van der Waals surface area contributed by atoms with Gasteiger partial charge in [-0.1, -0.05) is 36.9 Å². The average Bonchev–Trinajstić information content (AvgIpc) is 2.15. The first-order valence-corrected chi connectivity index (χ1v) is 3.39. The van der Waals surface area contributed by atoms with Gasteiger partial charge in [0.15, 0.2) is 0 Å². The van der Waals surface area contributed by atoms with Gasteiger partial charge in [0.25, 0.3) is 0 Å². The summed E-state index contributed by atoms with van der Waals surface area (Å²) in [5, 5.41) is 0. The van der Waals surface area contributed by atoms with Crippen LogP contribution in [0.1, 0.15) is 8.30 Å². The predicted octanol–water partition coefficient (Wildman–Crippen LogP) is 1.98. The molecule has 0 N–H and O–H groups in total. The van der Waals surface area contributed by atoms with Crippen LogP contribution in [0.2, 0.25) is 0 Å². The molecule has 1 heteroatoms. The van der Waals surface area contributed by atoms with Crippen LogP contribution in [0.4, 0.5) is 0 Å². The number of hydrogen-bond donors (Lipinski definition) is 0. The molecular formula is C10H10O. The van der Waals surface area contributed by atoms with Gasteiger partial charge in [-0.3, -0.25) is 4.79 Å². The lowest BCUT2D eigenvalue weighted by Crippen LogP contribution is -1.88. The van der Waals surface area contributed by atoms with E-state index in [-0.39, 0.29) is 5.57 Å². The van der Waals surface area contributed by atoms with Gasteiger partial charge in [-0.25, -0.2) is 0 Å². The van der Waals surface area contributed by atoms with Crippen LogP contribution in [0.5, 0.6) is 0 Å². The van der Waals surface area contributed by atoms with Crippen LogP contribution in [0.15, 0.2) is 42.4 Å². The Morgan fingerprint density at radius 1 is 1.55 bits per heavy atom. The standard InChI is InChI=1S/C10H10O/c1-9(8-11)7-10-5-3-2-4-6-10/h2-6,8H,1,7H2/i1D2. The Balaban J connectivity index is 2.80. The fraction of sp³-hybridized carbons (Fsp3) is 0.100. The van der Waals surface area contributed by atoms with Gasteiger partial charge in [0, 0.05) is 6.42 Å². The predicted molar refractivity (Wildman–Crippen MR) is 45.4 cm³/mol. The Labute approximate surface area is 69.2 Å². The van der Waals surface area contributed by atoms with Crippen LogP contribution in [-0.4, -0.2) is 6.29 Å². The summed E-state index contributed by atoms with van der Waals surface area (Å²) in [6, 6.07) is 9.35. The molecule has 56 valence electrons. The second-order valence-electron chi connectivity index (χ2n) is 2.31. The number of benzene rings is 1. The van der Waals surface area contributed by atoms with Crippen molar-refractivity contribution in [3.8, 4) is 0 Å². The minimum Gasteiger partial charge on any atom is -0.298 e. The van der Waals surface area contributed by atoms with Gasteiger partial charge in [-0.15, -0.1) is 0 Å². The second-order valence-corrected chi connectivity index (χ2v) is 2.31. The number of rotatable bonds is 3. The van der Waals surface area contributed by atoms with Crippen LogP contribution in [0.25, 0.3) is 0 Å². The summed E-state index contributed by atoms with van der Waals surface area (Å²) in [6.45, 7) is -0.404. The van der Waals surface area contributed by atoms with Crippen molar-refractivity contribution in [1.82, 2.24) is 0 Å². The van der Waals surface area contributed by atoms with Crippen LogP contribution in [0.3, 0.4) is 0 Å². The Hall–Kier alpha value is -1.37. The molecule has 0 aromatic heterocycles. The van der Waals surface area contributed by atoms with Crippen molar-refractivity contribution in [3.63, 3.8) is 0 Å². The first-order chi connectivity index (χ1) is 6.24. The molecule has 1 aromatic rings. The Morgan fingerprint density at radius 2 is 2.27 bits per heavy atom. The molecule has 0 aliphatic heterocycles. The molecule has 0 bridgehead atoms. The molecule has 0 spiro atoms. The van der Waals surface area contributed by atoms with Crippen LogP contribution >= 0.6 is 0 Å². The molecule has 0 saturated carbocycles. The highest BCUT2D eigenvalue weighted by Crippen LogP contribution is 2.03. The van der Waals surface area contributed by atoms with E-state index in [9.17, 15) is 4.79 Å². The number of aldehydes is 1. The van der Waals surface area contributed by atoms with E-state index in [0.29, 0.717) is 12.7 Å². The minimum atomic E-state index is -0.404. The van der Waals surface area contributed by atoms with E-state index in [1.807, 2.05) is 30.3 Å². The molecule has 0 unspecified atom stereocenters. The lowest BCUT2D eigenvalue weighted by Gasteiger charge is -1.96. The maximum atomic E-state index is 10.5. The Morgan fingerprint density at radius 3 is 2.82 bits per heavy atom. The molecule has 0 amide bonds. The molecule has 0 radical (unpaired) electrons. The fourth-order valence-corrected chi connectivity index (χ4v) is 0.857. The van der Waals surface area contributed by atoms with Gasteiger partial charge < -0.3 is 0 Å². The minimum absolute atomic E-state index is 0.214. The van der Waals surface area contributed by atoms with E-state index in [0.717, 1.165) is 5.56 Å². The third kappa shape index (κ3) is 2.38. The highest BCUT2D eigenvalue weighted by atomic mass is 16.1. The van der Waals surface area contributed by atoms with Crippen molar-refractivity contribution in [2.45, 2.75) is 6.42 Å². The average molecular weight is 148 g/mol. The molecule has 0 saturated heterocycles. The Bertz CT molecular complexity index is 313. The van der Waals surface area contributed by atoms with Crippen LogP contribution in [-0.2, 0) is 11.2 Å². The summed E-state index contributed by atoms with van der Waals surface area (Å²) in [5.74, 6) is 0. The first-order valence-electron chi connectivity index (χ1n) is 4.39. The molecule has 0 aliphatic carbocycles. The maximum absolute atomic E-state index is 10.5. The molecule has 0 atom stereocenters. The van der Waals surface area contributed by atoms with E-state index in [1.54, 1.807) is 0 Å². The van der Waals surface area contributed by atoms with Gasteiger partial charge in [0.2, 0.25) is 0 Å². The van der Waals surface area contributed by atoms with E-state index in [1.165, 1.54) is 0 Å². The number of hydrogen-bond acceptors (Lipinski definition) is 1. The topological polar surface area (TPSA) is 17.1 Å². The van der Waals surface area contributed by atoms with Crippen molar-refractivity contribution in [2.24, 2.45) is 0 Å². The smallest absolute Gasteiger partial charge is 0.145 e. The summed E-state index contributed by atoms with van der Waals surface area (Å²) in [5.41, 5.74) is 1.16. The zero-order chi connectivity index (χ0) is 9.68. The van der Waals surface area contributed by atoms with E-state index in [2.05, 4.69) is 0 Å². The molecule has 1 rings (SSSR count). The monoisotopic (exact) mass is 148 g/mol. The molecule has 11 heavy (non-hydrogen) atoms.